The van der Waals surface area contributed by atoms with Crippen LogP contribution in [0.3, 0.4) is 0 Å². The summed E-state index contributed by atoms with van der Waals surface area (Å²) in [6.07, 6.45) is 6.41. The molecule has 0 aliphatic heterocycles. The third kappa shape index (κ3) is 5.18. The van der Waals surface area contributed by atoms with Crippen LogP contribution in [0, 0.1) is 0 Å². The van der Waals surface area contributed by atoms with E-state index in [1.165, 1.54) is 32.3 Å². The first kappa shape index (κ1) is 33.0. The fourth-order valence-corrected chi connectivity index (χ4v) is 8.09. The van der Waals surface area contributed by atoms with Crippen molar-refractivity contribution in [1.29, 1.82) is 0 Å². The van der Waals surface area contributed by atoms with E-state index in [2.05, 4.69) is 203 Å². The summed E-state index contributed by atoms with van der Waals surface area (Å²) in [6, 6.07) is 56.1. The quantitative estimate of drug-likeness (QED) is 0.159. The third-order valence-electron chi connectivity index (χ3n) is 10.4. The summed E-state index contributed by atoms with van der Waals surface area (Å²) in [6.45, 7) is 10.7. The van der Waals surface area contributed by atoms with Gasteiger partial charge >= 0.3 is 0 Å². The zero-order valence-electron chi connectivity index (χ0n) is 30.7. The Morgan fingerprint density at radius 2 is 0.852 bits per heavy atom. The van der Waals surface area contributed by atoms with Crippen molar-refractivity contribution in [2.24, 2.45) is 0 Å². The molecule has 260 valence electrons. The van der Waals surface area contributed by atoms with Crippen molar-refractivity contribution in [2.75, 3.05) is 0 Å². The average Bonchev–Trinajstić information content (AvgIpc) is 3.88. The predicted octanol–water partition coefficient (Wildman–Crippen LogP) is 13.5. The maximum absolute atomic E-state index is 5.45. The molecule has 0 fully saturated rings. The normalized spacial score (nSPS) is 12.1. The minimum atomic E-state index is 0.862. The molecular weight excluding hydrogens is 657 g/mol. The molecule has 0 aliphatic carbocycles. The van der Waals surface area contributed by atoms with Crippen LogP contribution in [-0.4, -0.2) is 18.7 Å². The molecule has 6 aromatic carbocycles. The van der Waals surface area contributed by atoms with Crippen LogP contribution in [0.2, 0.25) is 0 Å². The van der Waals surface area contributed by atoms with E-state index in [9.17, 15) is 0 Å². The van der Waals surface area contributed by atoms with Gasteiger partial charge in [-0.25, -0.2) is 4.98 Å². The first-order chi connectivity index (χ1) is 26.7. The van der Waals surface area contributed by atoms with Gasteiger partial charge in [0.05, 0.1) is 44.5 Å². The van der Waals surface area contributed by atoms with E-state index in [0.717, 1.165) is 61.6 Å². The van der Waals surface area contributed by atoms with Gasteiger partial charge in [-0.05, 0) is 61.0 Å². The number of hydrogen-bond acceptors (Lipinski definition) is 1. The fourth-order valence-electron chi connectivity index (χ4n) is 8.09. The van der Waals surface area contributed by atoms with E-state index >= 15 is 0 Å². The summed E-state index contributed by atoms with van der Waals surface area (Å²) >= 11 is 0. The molecule has 0 unspecified atom stereocenters. The zero-order chi connectivity index (χ0) is 36.8. The van der Waals surface area contributed by atoms with Crippen LogP contribution in [0.1, 0.15) is 26.5 Å². The van der Waals surface area contributed by atoms with Crippen LogP contribution in [0.5, 0.6) is 0 Å². The highest BCUT2D eigenvalue weighted by Crippen LogP contribution is 2.37. The fraction of sp³-hybridized carbons (Fsp3) is 0.0600. The molecule has 4 heterocycles. The Morgan fingerprint density at radius 1 is 0.481 bits per heavy atom. The van der Waals surface area contributed by atoms with Crippen molar-refractivity contribution in [2.45, 2.75) is 20.8 Å². The number of allylic oxidation sites excluding steroid dienone is 5. The van der Waals surface area contributed by atoms with E-state index in [1.54, 1.807) is 0 Å². The second-order valence-electron chi connectivity index (χ2n) is 13.2. The minimum absolute atomic E-state index is 0.862. The van der Waals surface area contributed by atoms with Crippen molar-refractivity contribution in [3.8, 4) is 11.5 Å². The molecule has 10 rings (SSSR count). The molecule has 0 aliphatic rings. The molecular formula is C50H40N4. The van der Waals surface area contributed by atoms with Gasteiger partial charge in [-0.2, -0.15) is 0 Å². The SMILES string of the molecule is C=C(/C=C\C(=C/C)c1cc(-n2c3ccccc3c3ccccc32)cc(-n2c3ccccc3c3ccccc32)n1)n1c2ccccc2c2ccccc21.CC. The first-order valence-corrected chi connectivity index (χ1v) is 18.7. The van der Waals surface area contributed by atoms with Gasteiger partial charge in [0.1, 0.15) is 5.82 Å². The Kier molecular flexibility index (Phi) is 8.28. The van der Waals surface area contributed by atoms with Crippen molar-refractivity contribution in [1.82, 2.24) is 18.7 Å². The lowest BCUT2D eigenvalue weighted by Gasteiger charge is -2.15. The average molecular weight is 697 g/mol. The Labute approximate surface area is 314 Å². The van der Waals surface area contributed by atoms with E-state index in [4.69, 9.17) is 4.98 Å². The molecule has 0 spiro atoms. The number of rotatable bonds is 6. The molecule has 0 bridgehead atoms. The maximum atomic E-state index is 5.45. The number of para-hydroxylation sites is 6. The molecule has 0 radical (unpaired) electrons. The number of fused-ring (bicyclic) bond motifs is 9. The monoisotopic (exact) mass is 696 g/mol. The van der Waals surface area contributed by atoms with E-state index in [1.807, 2.05) is 13.8 Å². The molecule has 4 aromatic heterocycles. The number of aromatic nitrogens is 4. The summed E-state index contributed by atoms with van der Waals surface area (Å²) in [4.78, 5) is 5.45. The lowest BCUT2D eigenvalue weighted by molar-refractivity contribution is 1.05. The van der Waals surface area contributed by atoms with Gasteiger partial charge in [0.2, 0.25) is 0 Å². The van der Waals surface area contributed by atoms with Crippen LogP contribution in [0.25, 0.3) is 88.2 Å². The van der Waals surface area contributed by atoms with Gasteiger partial charge in [0.15, 0.2) is 0 Å². The number of pyridine rings is 1. The van der Waals surface area contributed by atoms with E-state index < -0.39 is 0 Å². The van der Waals surface area contributed by atoms with E-state index in [-0.39, 0.29) is 0 Å². The van der Waals surface area contributed by atoms with Gasteiger partial charge in [-0.3, -0.25) is 4.57 Å². The van der Waals surface area contributed by atoms with Gasteiger partial charge in [-0.1, -0.05) is 142 Å². The third-order valence-corrected chi connectivity index (χ3v) is 10.4. The highest BCUT2D eigenvalue weighted by Gasteiger charge is 2.18. The summed E-state index contributed by atoms with van der Waals surface area (Å²) in [7, 11) is 0. The molecule has 0 atom stereocenters. The van der Waals surface area contributed by atoms with E-state index in [0.29, 0.717) is 0 Å². The largest absolute Gasteiger partial charge is 0.310 e. The van der Waals surface area contributed by atoms with Gasteiger partial charge in [-0.15, -0.1) is 0 Å². The number of benzene rings is 6. The molecule has 4 nitrogen and oxygen atoms in total. The van der Waals surface area contributed by atoms with Gasteiger partial charge < -0.3 is 9.13 Å². The number of nitrogens with zero attached hydrogens (tertiary/aromatic N) is 4. The Bertz CT molecular complexity index is 2810. The standard InChI is InChI=1S/C48H34N4.C2H6/c1-3-33(29-28-32(2)50-42-22-10-4-16-35(42)36-17-5-11-23-43(36)50)41-30-34(51-44-24-12-6-18-37(44)38-19-7-13-25-45(38)51)31-48(49-41)52-46-26-14-8-20-39(46)40-21-9-15-27-47(40)52;1-2/h3-31H,2H2,1H3;1-2H3/b29-28-,33-3+;. The highest BCUT2D eigenvalue weighted by atomic mass is 15.1. The summed E-state index contributed by atoms with van der Waals surface area (Å²) in [5.74, 6) is 0.862. The Morgan fingerprint density at radius 3 is 1.28 bits per heavy atom. The molecule has 10 aromatic rings. The molecule has 0 saturated carbocycles. The molecule has 4 heteroatoms. The minimum Gasteiger partial charge on any atom is -0.310 e. The van der Waals surface area contributed by atoms with Crippen molar-refractivity contribution < 1.29 is 0 Å². The summed E-state index contributed by atoms with van der Waals surface area (Å²) in [5.41, 5.74) is 10.7. The number of hydrogen-bond donors (Lipinski definition) is 0. The predicted molar refractivity (Wildman–Crippen MR) is 232 cm³/mol. The van der Waals surface area contributed by atoms with Crippen molar-refractivity contribution in [3.05, 3.63) is 188 Å². The second kappa shape index (κ2) is 13.6. The smallest absolute Gasteiger partial charge is 0.140 e. The van der Waals surface area contributed by atoms with Crippen molar-refractivity contribution >= 4 is 76.7 Å². The first-order valence-electron chi connectivity index (χ1n) is 18.7. The molecule has 0 N–H and O–H groups in total. The van der Waals surface area contributed by atoms with Gasteiger partial charge in [0, 0.05) is 44.1 Å². The lowest BCUT2D eigenvalue weighted by Crippen LogP contribution is -2.04. The second-order valence-corrected chi connectivity index (χ2v) is 13.2. The molecule has 0 saturated heterocycles. The van der Waals surface area contributed by atoms with Crippen molar-refractivity contribution in [3.63, 3.8) is 0 Å². The lowest BCUT2D eigenvalue weighted by atomic mass is 10.1. The summed E-state index contributed by atoms with van der Waals surface area (Å²) < 4.78 is 6.93. The zero-order valence-corrected chi connectivity index (χ0v) is 30.7. The maximum Gasteiger partial charge on any atom is 0.140 e. The van der Waals surface area contributed by atoms with Crippen LogP contribution in [0.15, 0.2) is 183 Å². The van der Waals surface area contributed by atoms with Crippen LogP contribution in [0.4, 0.5) is 0 Å². The molecule has 0 amide bonds. The van der Waals surface area contributed by atoms with Crippen LogP contribution in [-0.2, 0) is 0 Å². The summed E-state index contributed by atoms with van der Waals surface area (Å²) in [5, 5.41) is 7.30. The van der Waals surface area contributed by atoms with Crippen LogP contribution >= 0.6 is 0 Å². The van der Waals surface area contributed by atoms with Gasteiger partial charge in [0.25, 0.3) is 0 Å². The Balaban J connectivity index is 0.00000189. The molecule has 54 heavy (non-hydrogen) atoms. The Hall–Kier alpha value is -6.91. The van der Waals surface area contributed by atoms with Crippen LogP contribution < -0.4 is 0 Å². The highest BCUT2D eigenvalue weighted by molar-refractivity contribution is 6.12. The topological polar surface area (TPSA) is 27.7 Å².